The highest BCUT2D eigenvalue weighted by atomic mass is 32.2. The van der Waals surface area contributed by atoms with Gasteiger partial charge in [-0.05, 0) is 6.92 Å². The van der Waals surface area contributed by atoms with Crippen LogP contribution < -0.4 is 5.73 Å². The summed E-state index contributed by atoms with van der Waals surface area (Å²) in [5, 5.41) is 16.5. The largest absolute Gasteiger partial charge is 0.392 e. The van der Waals surface area contributed by atoms with Gasteiger partial charge in [0.2, 0.25) is 0 Å². The predicted molar refractivity (Wildman–Crippen MR) is 54.7 cm³/mol. The van der Waals surface area contributed by atoms with Crippen molar-refractivity contribution in [3.05, 3.63) is 0 Å². The van der Waals surface area contributed by atoms with Gasteiger partial charge in [-0.2, -0.15) is 11.8 Å². The summed E-state index contributed by atoms with van der Waals surface area (Å²) in [5.41, 5.74) is 5.31. The number of rotatable bonds is 5. The van der Waals surface area contributed by atoms with E-state index in [9.17, 15) is 0 Å². The van der Waals surface area contributed by atoms with Crippen molar-refractivity contribution in [1.29, 1.82) is 5.41 Å². The monoisotopic (exact) mass is 190 g/mol. The maximum atomic E-state index is 9.17. The van der Waals surface area contributed by atoms with Crippen molar-refractivity contribution < 1.29 is 5.11 Å². The highest BCUT2D eigenvalue weighted by Crippen LogP contribution is 2.17. The molecule has 3 nitrogen and oxygen atoms in total. The second kappa shape index (κ2) is 5.43. The zero-order chi connectivity index (χ0) is 9.72. The number of aliphatic hydroxyl groups excluding tert-OH is 1. The molecule has 0 spiro atoms. The van der Waals surface area contributed by atoms with Crippen LogP contribution in [0, 0.1) is 11.3 Å². The van der Waals surface area contributed by atoms with Crippen molar-refractivity contribution in [2.24, 2.45) is 11.7 Å². The number of hydrogen-bond acceptors (Lipinski definition) is 3. The second-order valence-electron chi connectivity index (χ2n) is 3.14. The molecule has 0 fully saturated rings. The zero-order valence-corrected chi connectivity index (χ0v) is 8.69. The Labute approximate surface area is 78.2 Å². The smallest absolute Gasteiger partial charge is 0.0942 e. The molecule has 72 valence electrons. The van der Waals surface area contributed by atoms with Crippen LogP contribution in [0.25, 0.3) is 0 Å². The molecule has 4 heteroatoms. The Morgan fingerprint density at radius 1 is 1.50 bits per heavy atom. The Morgan fingerprint density at radius 3 is 2.33 bits per heavy atom. The molecule has 0 saturated carbocycles. The fraction of sp³-hybridized carbons (Fsp3) is 0.875. The molecule has 0 aliphatic rings. The average molecular weight is 190 g/mol. The molecule has 12 heavy (non-hydrogen) atoms. The standard InChI is InChI=1S/C8H18N2OS/c1-5(8(9)10)4-12-7(3)6(2)11/h5-7,11H,4H2,1-3H3,(H3,9,10). The fourth-order valence-corrected chi connectivity index (χ4v) is 1.58. The molecule has 4 N–H and O–H groups in total. The quantitative estimate of drug-likeness (QED) is 0.448. The summed E-state index contributed by atoms with van der Waals surface area (Å²) in [6.07, 6.45) is -0.297. The molecule has 0 bridgehead atoms. The minimum Gasteiger partial charge on any atom is -0.392 e. The molecular weight excluding hydrogens is 172 g/mol. The van der Waals surface area contributed by atoms with Crippen LogP contribution in [-0.4, -0.2) is 28.0 Å². The van der Waals surface area contributed by atoms with Crippen LogP contribution in [0.4, 0.5) is 0 Å². The Balaban J connectivity index is 3.61. The number of hydrogen-bond donors (Lipinski definition) is 3. The third-order valence-corrected chi connectivity index (χ3v) is 3.43. The summed E-state index contributed by atoms with van der Waals surface area (Å²) in [7, 11) is 0. The van der Waals surface area contributed by atoms with Gasteiger partial charge in [0.15, 0.2) is 0 Å². The van der Waals surface area contributed by atoms with Crippen LogP contribution in [0.2, 0.25) is 0 Å². The van der Waals surface area contributed by atoms with Gasteiger partial charge in [-0.3, -0.25) is 5.41 Å². The van der Waals surface area contributed by atoms with Gasteiger partial charge in [-0.15, -0.1) is 0 Å². The van der Waals surface area contributed by atoms with Crippen molar-refractivity contribution in [2.45, 2.75) is 32.1 Å². The van der Waals surface area contributed by atoms with Crippen LogP contribution in [0.5, 0.6) is 0 Å². The normalized spacial score (nSPS) is 18.3. The summed E-state index contributed by atoms with van der Waals surface area (Å²) in [5.74, 6) is 1.14. The van der Waals surface area contributed by atoms with Crippen LogP contribution in [0.3, 0.4) is 0 Å². The van der Waals surface area contributed by atoms with Crippen molar-refractivity contribution in [3.63, 3.8) is 0 Å². The molecule has 0 aromatic carbocycles. The Hall–Kier alpha value is -0.220. The van der Waals surface area contributed by atoms with E-state index in [4.69, 9.17) is 16.2 Å². The molecule has 0 saturated heterocycles. The number of nitrogens with two attached hydrogens (primary N) is 1. The average Bonchev–Trinajstić information content (AvgIpc) is 1.98. The number of nitrogens with one attached hydrogen (secondary N) is 1. The van der Waals surface area contributed by atoms with Crippen LogP contribution in [-0.2, 0) is 0 Å². The predicted octanol–water partition coefficient (Wildman–Crippen LogP) is 1.06. The van der Waals surface area contributed by atoms with Crippen LogP contribution >= 0.6 is 11.8 Å². The van der Waals surface area contributed by atoms with Crippen LogP contribution in [0.1, 0.15) is 20.8 Å². The lowest BCUT2D eigenvalue weighted by Gasteiger charge is -2.16. The SMILES string of the molecule is CC(CSC(C)C(C)O)C(=N)N. The first-order valence-electron chi connectivity index (χ1n) is 4.08. The van der Waals surface area contributed by atoms with E-state index in [-0.39, 0.29) is 23.1 Å². The summed E-state index contributed by atoms with van der Waals surface area (Å²) < 4.78 is 0. The van der Waals surface area contributed by atoms with E-state index in [1.54, 1.807) is 18.7 Å². The third kappa shape index (κ3) is 4.62. The molecule has 0 amide bonds. The first-order chi connectivity index (χ1) is 5.45. The summed E-state index contributed by atoms with van der Waals surface area (Å²) in [6, 6.07) is 0. The van der Waals surface area contributed by atoms with E-state index in [0.717, 1.165) is 5.75 Å². The first-order valence-corrected chi connectivity index (χ1v) is 5.13. The molecule has 0 heterocycles. The Bertz CT molecular complexity index is 150. The third-order valence-electron chi connectivity index (χ3n) is 1.82. The minimum atomic E-state index is -0.297. The van der Waals surface area contributed by atoms with Gasteiger partial charge in [0.1, 0.15) is 0 Å². The van der Waals surface area contributed by atoms with Gasteiger partial charge < -0.3 is 10.8 Å². The molecule has 0 aromatic rings. The molecule has 3 unspecified atom stereocenters. The lowest BCUT2D eigenvalue weighted by Crippen LogP contribution is -2.24. The Kier molecular flexibility index (Phi) is 5.33. The zero-order valence-electron chi connectivity index (χ0n) is 7.87. The topological polar surface area (TPSA) is 70.1 Å². The Morgan fingerprint density at radius 2 is 2.00 bits per heavy atom. The maximum absolute atomic E-state index is 9.17. The van der Waals surface area contributed by atoms with Crippen LogP contribution in [0.15, 0.2) is 0 Å². The van der Waals surface area contributed by atoms with Crippen molar-refractivity contribution >= 4 is 17.6 Å². The number of amidine groups is 1. The van der Waals surface area contributed by atoms with E-state index in [1.807, 2.05) is 13.8 Å². The maximum Gasteiger partial charge on any atom is 0.0942 e. The lowest BCUT2D eigenvalue weighted by molar-refractivity contribution is 0.196. The van der Waals surface area contributed by atoms with Gasteiger partial charge in [0, 0.05) is 16.9 Å². The number of aliphatic hydroxyl groups is 1. The first kappa shape index (κ1) is 11.8. The van der Waals surface area contributed by atoms with Gasteiger partial charge in [-0.1, -0.05) is 13.8 Å². The number of thioether (sulfide) groups is 1. The summed E-state index contributed by atoms with van der Waals surface area (Å²) in [4.78, 5) is 0. The second-order valence-corrected chi connectivity index (χ2v) is 4.55. The summed E-state index contributed by atoms with van der Waals surface area (Å²) in [6.45, 7) is 5.67. The molecule has 0 aromatic heterocycles. The highest BCUT2D eigenvalue weighted by Gasteiger charge is 2.12. The van der Waals surface area contributed by atoms with E-state index < -0.39 is 0 Å². The van der Waals surface area contributed by atoms with E-state index in [0.29, 0.717) is 0 Å². The van der Waals surface area contributed by atoms with Gasteiger partial charge >= 0.3 is 0 Å². The highest BCUT2D eigenvalue weighted by molar-refractivity contribution is 7.99. The van der Waals surface area contributed by atoms with Crippen molar-refractivity contribution in [3.8, 4) is 0 Å². The van der Waals surface area contributed by atoms with E-state index in [1.165, 1.54) is 0 Å². The summed E-state index contributed by atoms with van der Waals surface area (Å²) >= 11 is 1.65. The molecule has 0 aliphatic carbocycles. The molecular formula is C8H18N2OS. The molecule has 0 rings (SSSR count). The lowest BCUT2D eigenvalue weighted by atomic mass is 10.2. The van der Waals surface area contributed by atoms with Crippen molar-refractivity contribution in [1.82, 2.24) is 0 Å². The van der Waals surface area contributed by atoms with E-state index >= 15 is 0 Å². The van der Waals surface area contributed by atoms with E-state index in [2.05, 4.69) is 0 Å². The molecule has 0 radical (unpaired) electrons. The van der Waals surface area contributed by atoms with Crippen molar-refractivity contribution in [2.75, 3.05) is 5.75 Å². The minimum absolute atomic E-state index is 0.108. The van der Waals surface area contributed by atoms with Gasteiger partial charge in [-0.25, -0.2) is 0 Å². The van der Waals surface area contributed by atoms with Gasteiger partial charge in [0.25, 0.3) is 0 Å². The van der Waals surface area contributed by atoms with Gasteiger partial charge in [0.05, 0.1) is 11.9 Å². The fourth-order valence-electron chi connectivity index (χ4n) is 0.525. The molecule has 3 atom stereocenters. The molecule has 0 aliphatic heterocycles.